The van der Waals surface area contributed by atoms with Crippen molar-refractivity contribution in [2.24, 2.45) is 5.73 Å². The number of aromatic nitrogens is 2. The second-order valence-electron chi connectivity index (χ2n) is 10.2. The molecule has 0 radical (unpaired) electrons. The molecule has 0 aliphatic carbocycles. The lowest BCUT2D eigenvalue weighted by molar-refractivity contribution is -0.120. The topological polar surface area (TPSA) is 122 Å². The van der Waals surface area contributed by atoms with Gasteiger partial charge in [-0.1, -0.05) is 48.5 Å². The van der Waals surface area contributed by atoms with Crippen LogP contribution in [0.15, 0.2) is 79.0 Å². The number of nitrogens with zero attached hydrogens (tertiary/aromatic N) is 2. The number of aliphatic hydroxyl groups is 1. The predicted molar refractivity (Wildman–Crippen MR) is 156 cm³/mol. The van der Waals surface area contributed by atoms with Crippen LogP contribution in [0.1, 0.15) is 57.0 Å². The van der Waals surface area contributed by atoms with Crippen molar-refractivity contribution in [2.45, 2.75) is 52.3 Å². The summed E-state index contributed by atoms with van der Waals surface area (Å²) in [6.45, 7) is 6.80. The molecule has 0 spiro atoms. The Hall–Kier alpha value is -4.27. The van der Waals surface area contributed by atoms with Gasteiger partial charge in [0.2, 0.25) is 11.8 Å². The molecule has 2 heterocycles. The molecule has 0 aliphatic rings. The Morgan fingerprint density at radius 2 is 1.70 bits per heavy atom. The van der Waals surface area contributed by atoms with Gasteiger partial charge >= 0.3 is 0 Å². The fourth-order valence-electron chi connectivity index (χ4n) is 4.84. The highest BCUT2D eigenvalue weighted by Gasteiger charge is 2.13. The Balaban J connectivity index is 1.26. The van der Waals surface area contributed by atoms with Crippen LogP contribution in [0, 0.1) is 13.8 Å². The zero-order valence-corrected chi connectivity index (χ0v) is 23.2. The van der Waals surface area contributed by atoms with Crippen LogP contribution >= 0.6 is 0 Å². The highest BCUT2D eigenvalue weighted by atomic mass is 16.3. The van der Waals surface area contributed by atoms with Gasteiger partial charge < -0.3 is 26.0 Å². The number of amides is 2. The van der Waals surface area contributed by atoms with Crippen molar-refractivity contribution in [3.05, 3.63) is 118 Å². The monoisotopic (exact) mass is 539 g/mol. The van der Waals surface area contributed by atoms with Crippen molar-refractivity contribution in [1.29, 1.82) is 0 Å². The number of aryl methyl sites for hydroxylation is 2. The summed E-state index contributed by atoms with van der Waals surface area (Å²) >= 11 is 0. The first kappa shape index (κ1) is 28.7. The van der Waals surface area contributed by atoms with Gasteiger partial charge in [-0.2, -0.15) is 0 Å². The van der Waals surface area contributed by atoms with Gasteiger partial charge in [-0.15, -0.1) is 0 Å². The van der Waals surface area contributed by atoms with Crippen LogP contribution in [0.25, 0.3) is 5.82 Å². The molecule has 208 valence electrons. The average molecular weight is 540 g/mol. The number of carbonyl (C=O) groups excluding carboxylic acids is 2. The number of nitrogens with one attached hydrogen (secondary N) is 2. The first-order chi connectivity index (χ1) is 19.2. The normalized spacial score (nSPS) is 12.6. The predicted octanol–water partition coefficient (Wildman–Crippen LogP) is 3.70. The van der Waals surface area contributed by atoms with Gasteiger partial charge in [0.1, 0.15) is 5.82 Å². The van der Waals surface area contributed by atoms with E-state index in [1.807, 2.05) is 56.3 Å². The van der Waals surface area contributed by atoms with Crippen LogP contribution in [0.2, 0.25) is 0 Å². The van der Waals surface area contributed by atoms with Crippen molar-refractivity contribution in [1.82, 2.24) is 20.2 Å². The lowest BCUT2D eigenvalue weighted by Gasteiger charge is -2.18. The molecule has 8 heteroatoms. The van der Waals surface area contributed by atoms with Gasteiger partial charge in [0.15, 0.2) is 0 Å². The zero-order valence-electron chi connectivity index (χ0n) is 23.2. The molecule has 2 aromatic heterocycles. The maximum atomic E-state index is 12.6. The Morgan fingerprint density at radius 3 is 2.40 bits per heavy atom. The standard InChI is InChI=1S/C32H37N5O3/c1-21(34-20-29(38)27-13-14-30(35-19-27)37-22(2)11-12-23(37)3)15-24-7-6-8-25(16-24)17-31(39)36-18-26-9-4-5-10-28(26)32(33)40/h4-14,16,19,21,29,34,38H,15,17-18,20H2,1-3H3,(H2,33,40)(H,36,39)/t21?,29-/m0/s1. The minimum absolute atomic E-state index is 0.112. The number of pyridine rings is 1. The van der Waals surface area contributed by atoms with Gasteiger partial charge in [0, 0.05) is 47.8 Å². The van der Waals surface area contributed by atoms with Crippen LogP contribution < -0.4 is 16.4 Å². The van der Waals surface area contributed by atoms with Crippen molar-refractivity contribution >= 4 is 11.8 Å². The molecule has 2 atom stereocenters. The van der Waals surface area contributed by atoms with E-state index >= 15 is 0 Å². The third-order valence-electron chi connectivity index (χ3n) is 6.97. The van der Waals surface area contributed by atoms with E-state index in [2.05, 4.69) is 39.2 Å². The van der Waals surface area contributed by atoms with E-state index in [9.17, 15) is 14.7 Å². The third-order valence-corrected chi connectivity index (χ3v) is 6.97. The second-order valence-corrected chi connectivity index (χ2v) is 10.2. The van der Waals surface area contributed by atoms with Crippen LogP contribution in [0.5, 0.6) is 0 Å². The maximum absolute atomic E-state index is 12.6. The van der Waals surface area contributed by atoms with E-state index in [1.165, 1.54) is 0 Å². The van der Waals surface area contributed by atoms with Gasteiger partial charge in [0.25, 0.3) is 0 Å². The molecule has 8 nitrogen and oxygen atoms in total. The fourth-order valence-corrected chi connectivity index (χ4v) is 4.84. The number of primary amides is 1. The van der Waals surface area contributed by atoms with Gasteiger partial charge in [0.05, 0.1) is 12.5 Å². The van der Waals surface area contributed by atoms with Crippen LogP contribution in [0.4, 0.5) is 0 Å². The molecule has 5 N–H and O–H groups in total. The molecule has 0 saturated heterocycles. The minimum atomic E-state index is -0.675. The third kappa shape index (κ3) is 7.43. The molecule has 40 heavy (non-hydrogen) atoms. The second kappa shape index (κ2) is 13.2. The van der Waals surface area contributed by atoms with Gasteiger partial charge in [-0.05, 0) is 68.1 Å². The van der Waals surface area contributed by atoms with E-state index in [1.54, 1.807) is 24.4 Å². The summed E-state index contributed by atoms with van der Waals surface area (Å²) in [5, 5.41) is 17.0. The van der Waals surface area contributed by atoms with E-state index in [0.717, 1.165) is 40.3 Å². The number of hydrogen-bond acceptors (Lipinski definition) is 5. The molecular weight excluding hydrogens is 502 g/mol. The Labute approximate surface area is 235 Å². The fraction of sp³-hybridized carbons (Fsp3) is 0.281. The van der Waals surface area contributed by atoms with Gasteiger partial charge in [-0.25, -0.2) is 4.98 Å². The largest absolute Gasteiger partial charge is 0.387 e. The molecule has 4 aromatic rings. The van der Waals surface area contributed by atoms with Crippen LogP contribution in [0.3, 0.4) is 0 Å². The first-order valence-corrected chi connectivity index (χ1v) is 13.5. The van der Waals surface area contributed by atoms with Crippen molar-refractivity contribution < 1.29 is 14.7 Å². The van der Waals surface area contributed by atoms with E-state index in [4.69, 9.17) is 5.73 Å². The summed E-state index contributed by atoms with van der Waals surface area (Å²) in [6.07, 6.45) is 2.03. The average Bonchev–Trinajstić information content (AvgIpc) is 3.28. The smallest absolute Gasteiger partial charge is 0.249 e. The zero-order chi connectivity index (χ0) is 28.6. The number of rotatable bonds is 12. The molecular formula is C32H37N5O3. The number of aliphatic hydroxyl groups excluding tert-OH is 1. The highest BCUT2D eigenvalue weighted by Crippen LogP contribution is 2.18. The summed E-state index contributed by atoms with van der Waals surface area (Å²) in [4.78, 5) is 28.7. The van der Waals surface area contributed by atoms with E-state index in [0.29, 0.717) is 17.7 Å². The van der Waals surface area contributed by atoms with Crippen molar-refractivity contribution in [2.75, 3.05) is 6.54 Å². The minimum Gasteiger partial charge on any atom is -0.387 e. The van der Waals surface area contributed by atoms with Crippen molar-refractivity contribution in [3.8, 4) is 5.82 Å². The Bertz CT molecular complexity index is 1440. The van der Waals surface area contributed by atoms with E-state index in [-0.39, 0.29) is 24.9 Å². The number of nitrogens with two attached hydrogens (primary N) is 1. The summed E-state index contributed by atoms with van der Waals surface area (Å²) in [5.74, 6) is 0.189. The quantitative estimate of drug-likeness (QED) is 0.219. The SMILES string of the molecule is Cc1ccc(C)n1-c1ccc([C@@H](O)CNC(C)Cc2cccc(CC(=O)NCc3ccccc3C(N)=O)c2)cn1. The summed E-state index contributed by atoms with van der Waals surface area (Å²) in [6, 6.07) is 23.0. The van der Waals surface area contributed by atoms with E-state index < -0.39 is 12.0 Å². The molecule has 0 bridgehead atoms. The Kier molecular flexibility index (Phi) is 9.47. The molecule has 0 saturated carbocycles. The molecule has 2 amide bonds. The molecule has 1 unspecified atom stereocenters. The number of hydrogen-bond donors (Lipinski definition) is 4. The van der Waals surface area contributed by atoms with Crippen molar-refractivity contribution in [3.63, 3.8) is 0 Å². The lowest BCUT2D eigenvalue weighted by atomic mass is 10.0. The summed E-state index contributed by atoms with van der Waals surface area (Å²) < 4.78 is 2.08. The first-order valence-electron chi connectivity index (χ1n) is 13.5. The molecule has 0 fully saturated rings. The maximum Gasteiger partial charge on any atom is 0.249 e. The number of benzene rings is 2. The summed E-state index contributed by atoms with van der Waals surface area (Å²) in [5.41, 5.74) is 11.5. The number of carbonyl (C=O) groups is 2. The van der Waals surface area contributed by atoms with Crippen LogP contribution in [-0.4, -0.2) is 39.1 Å². The molecule has 0 aliphatic heterocycles. The molecule has 4 rings (SSSR count). The summed E-state index contributed by atoms with van der Waals surface area (Å²) in [7, 11) is 0. The highest BCUT2D eigenvalue weighted by molar-refractivity contribution is 5.94. The Morgan fingerprint density at radius 1 is 0.975 bits per heavy atom. The van der Waals surface area contributed by atoms with Gasteiger partial charge in [-0.3, -0.25) is 9.59 Å². The van der Waals surface area contributed by atoms with Crippen LogP contribution in [-0.2, 0) is 24.2 Å². The molecule has 2 aromatic carbocycles. The lowest BCUT2D eigenvalue weighted by Crippen LogP contribution is -2.32.